The molecule has 0 saturated heterocycles. The van der Waals surface area contributed by atoms with E-state index in [4.69, 9.17) is 12.2 Å². The summed E-state index contributed by atoms with van der Waals surface area (Å²) in [5.74, 6) is 0.656. The first-order valence-electron chi connectivity index (χ1n) is 4.68. The molecule has 2 aromatic rings. The molecule has 6 heteroatoms. The molecule has 0 aliphatic carbocycles. The maximum atomic E-state index is 5.21. The molecule has 2 heterocycles. The van der Waals surface area contributed by atoms with Crippen LogP contribution in [0.2, 0.25) is 0 Å². The molecule has 15 heavy (non-hydrogen) atoms. The summed E-state index contributed by atoms with van der Waals surface area (Å²) < 4.78 is 0.631. The highest BCUT2D eigenvalue weighted by atomic mass is 32.1. The van der Waals surface area contributed by atoms with Gasteiger partial charge in [-0.2, -0.15) is 15.4 Å². The molecule has 0 aromatic carbocycles. The third kappa shape index (κ3) is 1.80. The number of nitrogens with one attached hydrogen (secondary N) is 2. The molecule has 0 bridgehead atoms. The summed E-state index contributed by atoms with van der Waals surface area (Å²) in [6.45, 7) is 4.04. The summed E-state index contributed by atoms with van der Waals surface area (Å²) in [6, 6.07) is 0. The van der Waals surface area contributed by atoms with Crippen LogP contribution in [0.15, 0.2) is 6.20 Å². The van der Waals surface area contributed by atoms with Crippen molar-refractivity contribution in [3.63, 3.8) is 0 Å². The van der Waals surface area contributed by atoms with Crippen LogP contribution in [0.1, 0.15) is 18.2 Å². The first-order valence-corrected chi connectivity index (χ1v) is 5.09. The lowest BCUT2D eigenvalue weighted by Crippen LogP contribution is -1.99. The van der Waals surface area contributed by atoms with E-state index in [9.17, 15) is 0 Å². The number of hydrogen-bond donors (Lipinski definition) is 2. The minimum absolute atomic E-state index is 0.631. The van der Waals surface area contributed by atoms with Gasteiger partial charge >= 0.3 is 0 Å². The molecular formula is C9H11N5S. The molecule has 78 valence electrons. The third-order valence-electron chi connectivity index (χ3n) is 2.24. The van der Waals surface area contributed by atoms with Crippen molar-refractivity contribution in [2.45, 2.75) is 20.3 Å². The van der Waals surface area contributed by atoms with E-state index in [1.165, 1.54) is 0 Å². The predicted octanol–water partition coefficient (Wildman–Crippen LogP) is 1.80. The number of hydrogen-bond acceptors (Lipinski definition) is 4. The summed E-state index contributed by atoms with van der Waals surface area (Å²) in [5, 5.41) is 10.2. The van der Waals surface area contributed by atoms with Gasteiger partial charge in [0.25, 0.3) is 0 Å². The van der Waals surface area contributed by atoms with Gasteiger partial charge in [0.1, 0.15) is 10.3 Å². The van der Waals surface area contributed by atoms with Crippen molar-refractivity contribution in [3.8, 4) is 11.5 Å². The van der Waals surface area contributed by atoms with E-state index in [0.717, 1.165) is 17.7 Å². The Kier molecular flexibility index (Phi) is 2.59. The fraction of sp³-hybridized carbons (Fsp3) is 0.333. The molecule has 0 radical (unpaired) electrons. The van der Waals surface area contributed by atoms with Crippen molar-refractivity contribution >= 4 is 12.2 Å². The van der Waals surface area contributed by atoms with Gasteiger partial charge in [0.05, 0.1) is 6.20 Å². The Bertz CT molecular complexity index is 514. The van der Waals surface area contributed by atoms with Crippen molar-refractivity contribution in [2.24, 2.45) is 0 Å². The molecule has 5 nitrogen and oxygen atoms in total. The fourth-order valence-electron chi connectivity index (χ4n) is 1.46. The zero-order chi connectivity index (χ0) is 10.8. The molecular weight excluding hydrogens is 210 g/mol. The average Bonchev–Trinajstić information content (AvgIpc) is 2.69. The topological polar surface area (TPSA) is 70.2 Å². The number of aryl methyl sites for hydroxylation is 1. The Hall–Kier alpha value is -1.56. The average molecular weight is 221 g/mol. The van der Waals surface area contributed by atoms with Crippen LogP contribution in [-0.2, 0) is 6.42 Å². The van der Waals surface area contributed by atoms with E-state index in [1.807, 2.05) is 6.92 Å². The number of nitrogens with zero attached hydrogens (tertiary/aromatic N) is 3. The first-order chi connectivity index (χ1) is 7.22. The van der Waals surface area contributed by atoms with Gasteiger partial charge in [-0.25, -0.2) is 4.98 Å². The molecule has 0 unspecified atom stereocenters. The molecule has 2 N–H and O–H groups in total. The van der Waals surface area contributed by atoms with Crippen molar-refractivity contribution in [2.75, 3.05) is 0 Å². The SMILES string of the molecule is CCc1c(C)[nH]c(-c2cn[nH]n2)nc1=S. The predicted molar refractivity (Wildman–Crippen MR) is 58.9 cm³/mol. The molecule has 0 atom stereocenters. The van der Waals surface area contributed by atoms with Gasteiger partial charge < -0.3 is 4.98 Å². The lowest BCUT2D eigenvalue weighted by atomic mass is 10.2. The van der Waals surface area contributed by atoms with Gasteiger partial charge in [-0.1, -0.05) is 19.1 Å². The largest absolute Gasteiger partial charge is 0.342 e. The summed E-state index contributed by atoms with van der Waals surface area (Å²) >= 11 is 5.21. The lowest BCUT2D eigenvalue weighted by Gasteiger charge is -2.04. The summed E-state index contributed by atoms with van der Waals surface area (Å²) in [6.07, 6.45) is 2.49. The smallest absolute Gasteiger partial charge is 0.161 e. The van der Waals surface area contributed by atoms with Crippen molar-refractivity contribution in [1.82, 2.24) is 25.4 Å². The van der Waals surface area contributed by atoms with E-state index in [1.54, 1.807) is 6.20 Å². The lowest BCUT2D eigenvalue weighted by molar-refractivity contribution is 0.932. The minimum Gasteiger partial charge on any atom is -0.342 e. The van der Waals surface area contributed by atoms with E-state index in [0.29, 0.717) is 16.2 Å². The second kappa shape index (κ2) is 3.90. The van der Waals surface area contributed by atoms with Gasteiger partial charge in [-0.15, -0.1) is 0 Å². The van der Waals surface area contributed by atoms with Gasteiger partial charge in [0.15, 0.2) is 5.82 Å². The second-order valence-electron chi connectivity index (χ2n) is 3.20. The summed E-state index contributed by atoms with van der Waals surface area (Å²) in [7, 11) is 0. The first kappa shape index (κ1) is 9.97. The normalized spacial score (nSPS) is 10.5. The van der Waals surface area contributed by atoms with E-state index in [2.05, 4.69) is 32.3 Å². The molecule has 0 fully saturated rings. The quantitative estimate of drug-likeness (QED) is 0.758. The number of aromatic amines is 2. The Morgan fingerprint density at radius 1 is 1.47 bits per heavy atom. The molecule has 2 rings (SSSR count). The second-order valence-corrected chi connectivity index (χ2v) is 3.59. The van der Waals surface area contributed by atoms with Crippen LogP contribution < -0.4 is 0 Å². The summed E-state index contributed by atoms with van der Waals surface area (Å²) in [4.78, 5) is 7.45. The molecule has 2 aromatic heterocycles. The zero-order valence-electron chi connectivity index (χ0n) is 8.53. The molecule has 0 amide bonds. The van der Waals surface area contributed by atoms with Crippen LogP contribution in [0.4, 0.5) is 0 Å². The molecule has 0 aliphatic rings. The van der Waals surface area contributed by atoms with Crippen molar-refractivity contribution < 1.29 is 0 Å². The molecule has 0 aliphatic heterocycles. The maximum Gasteiger partial charge on any atom is 0.161 e. The number of H-pyrrole nitrogens is 2. The van der Waals surface area contributed by atoms with Crippen molar-refractivity contribution in [3.05, 3.63) is 22.1 Å². The van der Waals surface area contributed by atoms with Crippen LogP contribution in [0.25, 0.3) is 11.5 Å². The van der Waals surface area contributed by atoms with Crippen LogP contribution in [0, 0.1) is 11.6 Å². The standard InChI is InChI=1S/C9H11N5S/c1-3-6-5(2)11-8(12-9(6)15)7-4-10-14-13-7/h4H,3H2,1-2H3,(H,10,13,14)(H,11,12,15). The van der Waals surface area contributed by atoms with E-state index >= 15 is 0 Å². The van der Waals surface area contributed by atoms with Gasteiger partial charge in [0, 0.05) is 11.3 Å². The summed E-state index contributed by atoms with van der Waals surface area (Å²) in [5.41, 5.74) is 2.79. The maximum absolute atomic E-state index is 5.21. The van der Waals surface area contributed by atoms with Gasteiger partial charge in [-0.05, 0) is 13.3 Å². The van der Waals surface area contributed by atoms with Crippen LogP contribution in [0.3, 0.4) is 0 Å². The van der Waals surface area contributed by atoms with Crippen LogP contribution >= 0.6 is 12.2 Å². The monoisotopic (exact) mass is 221 g/mol. The highest BCUT2D eigenvalue weighted by Gasteiger charge is 2.07. The zero-order valence-corrected chi connectivity index (χ0v) is 9.35. The molecule has 0 spiro atoms. The minimum atomic E-state index is 0.631. The van der Waals surface area contributed by atoms with Gasteiger partial charge in [0.2, 0.25) is 0 Å². The van der Waals surface area contributed by atoms with E-state index in [-0.39, 0.29) is 0 Å². The van der Waals surface area contributed by atoms with Crippen LogP contribution in [-0.4, -0.2) is 25.4 Å². The van der Waals surface area contributed by atoms with Crippen LogP contribution in [0.5, 0.6) is 0 Å². The third-order valence-corrected chi connectivity index (χ3v) is 2.58. The Morgan fingerprint density at radius 2 is 2.27 bits per heavy atom. The Labute approximate surface area is 92.0 Å². The highest BCUT2D eigenvalue weighted by Crippen LogP contribution is 2.14. The Morgan fingerprint density at radius 3 is 2.80 bits per heavy atom. The number of aromatic nitrogens is 5. The highest BCUT2D eigenvalue weighted by molar-refractivity contribution is 7.71. The van der Waals surface area contributed by atoms with E-state index < -0.39 is 0 Å². The van der Waals surface area contributed by atoms with Crippen molar-refractivity contribution in [1.29, 1.82) is 0 Å². The number of rotatable bonds is 2. The Balaban J connectivity index is 2.58. The van der Waals surface area contributed by atoms with Gasteiger partial charge in [-0.3, -0.25) is 0 Å². The molecule has 0 saturated carbocycles. The fourth-order valence-corrected chi connectivity index (χ4v) is 1.85.